The van der Waals surface area contributed by atoms with E-state index in [1.165, 1.54) is 16.7 Å². The summed E-state index contributed by atoms with van der Waals surface area (Å²) in [7, 11) is -1.74. The van der Waals surface area contributed by atoms with Gasteiger partial charge >= 0.3 is 0 Å². The Balaban J connectivity index is 2.22. The number of rotatable bonds is 3. The van der Waals surface area contributed by atoms with Crippen LogP contribution in [0.2, 0.25) is 0 Å². The summed E-state index contributed by atoms with van der Waals surface area (Å²) < 4.78 is 26.3. The molecule has 2 rings (SSSR count). The lowest BCUT2D eigenvalue weighted by molar-refractivity contribution is 0.423. The van der Waals surface area contributed by atoms with Gasteiger partial charge in [0.1, 0.15) is 4.90 Å². The van der Waals surface area contributed by atoms with Crippen molar-refractivity contribution in [3.63, 3.8) is 0 Å². The lowest BCUT2D eigenvalue weighted by atomic mass is 10.2. The van der Waals surface area contributed by atoms with Crippen molar-refractivity contribution in [3.8, 4) is 0 Å². The van der Waals surface area contributed by atoms with Crippen LogP contribution in [0.15, 0.2) is 17.3 Å². The van der Waals surface area contributed by atoms with Crippen molar-refractivity contribution in [1.29, 1.82) is 0 Å². The fraction of sp³-hybridized carbons (Fsp3) is 0.636. The van der Waals surface area contributed by atoms with E-state index in [1.807, 2.05) is 0 Å². The summed E-state index contributed by atoms with van der Waals surface area (Å²) in [6.45, 7) is 1.19. The van der Waals surface area contributed by atoms with E-state index in [-0.39, 0.29) is 4.90 Å². The van der Waals surface area contributed by atoms with Crippen LogP contribution in [-0.2, 0) is 10.0 Å². The summed E-state index contributed by atoms with van der Waals surface area (Å²) >= 11 is 0. The second-order valence-corrected chi connectivity index (χ2v) is 6.25. The standard InChI is InChI=1S/C11H18N4O2S/c1-12-11-13-8-10(9-14-11)18(16,17)15-6-4-2-3-5-7-15/h8-9H,2-7H2,1H3,(H,12,13,14). The predicted octanol–water partition coefficient (Wildman–Crippen LogP) is 1.08. The molecule has 1 aromatic rings. The molecule has 0 bridgehead atoms. The first-order valence-electron chi connectivity index (χ1n) is 6.14. The molecule has 2 heterocycles. The smallest absolute Gasteiger partial charge is 0.246 e. The largest absolute Gasteiger partial charge is 0.357 e. The Morgan fingerprint density at radius 2 is 1.67 bits per heavy atom. The molecule has 1 aliphatic heterocycles. The van der Waals surface area contributed by atoms with Crippen molar-refractivity contribution < 1.29 is 8.42 Å². The molecule has 18 heavy (non-hydrogen) atoms. The normalized spacial score (nSPS) is 18.3. The monoisotopic (exact) mass is 270 g/mol. The number of nitrogens with zero attached hydrogens (tertiary/aromatic N) is 3. The van der Waals surface area contributed by atoms with E-state index in [0.29, 0.717) is 19.0 Å². The second-order valence-electron chi connectivity index (χ2n) is 4.31. The first-order chi connectivity index (χ1) is 8.64. The van der Waals surface area contributed by atoms with E-state index in [2.05, 4.69) is 15.3 Å². The van der Waals surface area contributed by atoms with Gasteiger partial charge in [-0.1, -0.05) is 12.8 Å². The van der Waals surface area contributed by atoms with E-state index in [0.717, 1.165) is 25.7 Å². The molecule has 100 valence electrons. The topological polar surface area (TPSA) is 75.2 Å². The van der Waals surface area contributed by atoms with E-state index in [9.17, 15) is 8.42 Å². The molecule has 7 heteroatoms. The molecule has 0 saturated carbocycles. The quantitative estimate of drug-likeness (QED) is 0.889. The molecule has 1 aromatic heterocycles. The van der Waals surface area contributed by atoms with Crippen LogP contribution in [-0.4, -0.2) is 42.8 Å². The number of hydrogen-bond donors (Lipinski definition) is 1. The second kappa shape index (κ2) is 5.62. The maximum absolute atomic E-state index is 12.4. The third kappa shape index (κ3) is 2.78. The summed E-state index contributed by atoms with van der Waals surface area (Å²) in [5.74, 6) is 0.421. The fourth-order valence-electron chi connectivity index (χ4n) is 2.01. The van der Waals surface area contributed by atoms with Gasteiger partial charge in [0.15, 0.2) is 0 Å². The summed E-state index contributed by atoms with van der Waals surface area (Å²) in [5.41, 5.74) is 0. The fourth-order valence-corrected chi connectivity index (χ4v) is 3.42. The van der Waals surface area contributed by atoms with Gasteiger partial charge in [0, 0.05) is 20.1 Å². The van der Waals surface area contributed by atoms with Gasteiger partial charge in [0.05, 0.1) is 12.4 Å². The molecule has 1 saturated heterocycles. The molecule has 0 aliphatic carbocycles. The van der Waals surface area contributed by atoms with Gasteiger partial charge in [-0.3, -0.25) is 0 Å². The van der Waals surface area contributed by atoms with Gasteiger partial charge in [0.25, 0.3) is 0 Å². The summed E-state index contributed by atoms with van der Waals surface area (Å²) in [4.78, 5) is 8.08. The number of sulfonamides is 1. The molecule has 0 radical (unpaired) electrons. The molecular formula is C11H18N4O2S. The van der Waals surface area contributed by atoms with Gasteiger partial charge in [-0.05, 0) is 12.8 Å². The maximum Gasteiger partial charge on any atom is 0.246 e. The minimum atomic E-state index is -3.43. The van der Waals surface area contributed by atoms with E-state index in [4.69, 9.17) is 0 Å². The third-order valence-corrected chi connectivity index (χ3v) is 4.91. The van der Waals surface area contributed by atoms with Crippen LogP contribution < -0.4 is 5.32 Å². The summed E-state index contributed by atoms with van der Waals surface area (Å²) in [6, 6.07) is 0. The average molecular weight is 270 g/mol. The SMILES string of the molecule is CNc1ncc(S(=O)(=O)N2CCCCCC2)cn1. The van der Waals surface area contributed by atoms with Gasteiger partial charge in [-0.15, -0.1) is 0 Å². The first-order valence-corrected chi connectivity index (χ1v) is 7.58. The minimum Gasteiger partial charge on any atom is -0.357 e. The number of anilines is 1. The highest BCUT2D eigenvalue weighted by atomic mass is 32.2. The Bertz CT molecular complexity index is 478. The van der Waals surface area contributed by atoms with Crippen molar-refractivity contribution in [3.05, 3.63) is 12.4 Å². The Morgan fingerprint density at radius 3 is 2.17 bits per heavy atom. The van der Waals surface area contributed by atoms with Crippen molar-refractivity contribution >= 4 is 16.0 Å². The van der Waals surface area contributed by atoms with Crippen molar-refractivity contribution in [1.82, 2.24) is 14.3 Å². The predicted molar refractivity (Wildman–Crippen MR) is 68.8 cm³/mol. The lowest BCUT2D eigenvalue weighted by Crippen LogP contribution is -2.32. The maximum atomic E-state index is 12.4. The van der Waals surface area contributed by atoms with E-state index >= 15 is 0 Å². The van der Waals surface area contributed by atoms with Crippen molar-refractivity contribution in [2.24, 2.45) is 0 Å². The first kappa shape index (κ1) is 13.2. The molecule has 6 nitrogen and oxygen atoms in total. The van der Waals surface area contributed by atoms with Crippen LogP contribution in [0.4, 0.5) is 5.95 Å². The summed E-state index contributed by atoms with van der Waals surface area (Å²) in [6.07, 6.45) is 6.77. The van der Waals surface area contributed by atoms with Crippen LogP contribution in [0.3, 0.4) is 0 Å². The highest BCUT2D eigenvalue weighted by molar-refractivity contribution is 7.89. The molecular weight excluding hydrogens is 252 g/mol. The summed E-state index contributed by atoms with van der Waals surface area (Å²) in [5, 5.41) is 2.76. The number of aromatic nitrogens is 2. The Kier molecular flexibility index (Phi) is 4.13. The van der Waals surface area contributed by atoms with Crippen molar-refractivity contribution in [2.45, 2.75) is 30.6 Å². The van der Waals surface area contributed by atoms with Crippen LogP contribution in [0.5, 0.6) is 0 Å². The van der Waals surface area contributed by atoms with Gasteiger partial charge in [-0.25, -0.2) is 18.4 Å². The van der Waals surface area contributed by atoms with E-state index < -0.39 is 10.0 Å². The van der Waals surface area contributed by atoms with E-state index in [1.54, 1.807) is 7.05 Å². The molecule has 1 fully saturated rings. The van der Waals surface area contributed by atoms with Gasteiger partial charge in [0.2, 0.25) is 16.0 Å². The molecule has 0 spiro atoms. The zero-order valence-corrected chi connectivity index (χ0v) is 11.3. The van der Waals surface area contributed by atoms with Gasteiger partial charge in [-0.2, -0.15) is 4.31 Å². The molecule has 0 unspecified atom stereocenters. The van der Waals surface area contributed by atoms with Crippen molar-refractivity contribution in [2.75, 3.05) is 25.5 Å². The number of hydrogen-bond acceptors (Lipinski definition) is 5. The Morgan fingerprint density at radius 1 is 1.11 bits per heavy atom. The van der Waals surface area contributed by atoms with Crippen LogP contribution in [0.1, 0.15) is 25.7 Å². The zero-order chi connectivity index (χ0) is 13.0. The number of nitrogens with one attached hydrogen (secondary N) is 1. The molecule has 1 N–H and O–H groups in total. The Labute approximate surface area is 107 Å². The van der Waals surface area contributed by atoms with Gasteiger partial charge < -0.3 is 5.32 Å². The molecule has 1 aliphatic rings. The molecule has 0 aromatic carbocycles. The average Bonchev–Trinajstić information content (AvgIpc) is 2.68. The third-order valence-electron chi connectivity index (χ3n) is 3.05. The highest BCUT2D eigenvalue weighted by Gasteiger charge is 2.25. The highest BCUT2D eigenvalue weighted by Crippen LogP contribution is 2.19. The minimum absolute atomic E-state index is 0.170. The van der Waals surface area contributed by atoms with Crippen LogP contribution in [0.25, 0.3) is 0 Å². The van der Waals surface area contributed by atoms with Crippen LogP contribution in [0, 0.1) is 0 Å². The lowest BCUT2D eigenvalue weighted by Gasteiger charge is -2.19. The zero-order valence-electron chi connectivity index (χ0n) is 10.5. The Hall–Kier alpha value is -1.21. The van der Waals surface area contributed by atoms with Crippen LogP contribution >= 0.6 is 0 Å². The molecule has 0 amide bonds. The molecule has 0 atom stereocenters.